The summed E-state index contributed by atoms with van der Waals surface area (Å²) in [7, 11) is 0. The lowest BCUT2D eigenvalue weighted by Gasteiger charge is -2.26. The normalized spacial score (nSPS) is 18.6. The first kappa shape index (κ1) is 13.6. The largest absolute Gasteiger partial charge is 0.352 e. The van der Waals surface area contributed by atoms with Gasteiger partial charge in [0, 0.05) is 6.42 Å². The van der Waals surface area contributed by atoms with Gasteiger partial charge >= 0.3 is 0 Å². The van der Waals surface area contributed by atoms with Crippen LogP contribution < -0.4 is 0 Å². The van der Waals surface area contributed by atoms with Crippen molar-refractivity contribution in [1.82, 2.24) is 0 Å². The molecule has 100 valence electrons. The van der Waals surface area contributed by atoms with Crippen molar-refractivity contribution in [3.05, 3.63) is 35.4 Å². The molecule has 1 fully saturated rings. The predicted molar refractivity (Wildman–Crippen MR) is 73.4 cm³/mol. The van der Waals surface area contributed by atoms with Crippen LogP contribution in [0.3, 0.4) is 0 Å². The van der Waals surface area contributed by atoms with Gasteiger partial charge in [-0.05, 0) is 24.0 Å². The predicted octanol–water partition coefficient (Wildman–Crippen LogP) is 4.07. The summed E-state index contributed by atoms with van der Waals surface area (Å²) in [6, 6.07) is 8.81. The van der Waals surface area contributed by atoms with Gasteiger partial charge in [0.15, 0.2) is 6.29 Å². The number of hydrogen-bond acceptors (Lipinski definition) is 2. The number of unbranched alkanes of at least 4 members (excludes halogenated alkanes) is 3. The number of aryl methyl sites for hydroxylation is 1. The molecular weight excluding hydrogens is 224 g/mol. The number of hydrogen-bond donors (Lipinski definition) is 0. The van der Waals surface area contributed by atoms with Crippen molar-refractivity contribution in [1.29, 1.82) is 0 Å². The minimum atomic E-state index is 0.0405. The van der Waals surface area contributed by atoms with E-state index in [1.807, 2.05) is 0 Å². The van der Waals surface area contributed by atoms with Crippen LogP contribution in [0.5, 0.6) is 0 Å². The third kappa shape index (κ3) is 4.43. The molecule has 0 spiro atoms. The van der Waals surface area contributed by atoms with Crippen LogP contribution in [0.4, 0.5) is 0 Å². The van der Waals surface area contributed by atoms with E-state index in [1.165, 1.54) is 43.2 Å². The van der Waals surface area contributed by atoms with Crippen molar-refractivity contribution in [2.75, 3.05) is 6.61 Å². The molecule has 0 N–H and O–H groups in total. The number of benzene rings is 1. The first-order valence-corrected chi connectivity index (χ1v) is 7.19. The monoisotopic (exact) mass is 248 g/mol. The highest BCUT2D eigenvalue weighted by molar-refractivity contribution is 5.22. The molecular formula is C16H24O2. The van der Waals surface area contributed by atoms with Crippen LogP contribution in [-0.4, -0.2) is 12.9 Å². The lowest BCUT2D eigenvalue weighted by Crippen LogP contribution is -2.29. The van der Waals surface area contributed by atoms with Crippen LogP contribution >= 0.6 is 0 Å². The van der Waals surface area contributed by atoms with Gasteiger partial charge in [-0.15, -0.1) is 0 Å². The average molecular weight is 248 g/mol. The number of rotatable bonds is 8. The fourth-order valence-corrected chi connectivity index (χ4v) is 2.09. The summed E-state index contributed by atoms with van der Waals surface area (Å²) in [5.74, 6) is 0. The Balaban J connectivity index is 1.67. The van der Waals surface area contributed by atoms with E-state index in [0.717, 1.165) is 13.0 Å². The first-order chi connectivity index (χ1) is 8.88. The first-order valence-electron chi connectivity index (χ1n) is 7.19. The summed E-state index contributed by atoms with van der Waals surface area (Å²) in [5, 5.41) is 0. The van der Waals surface area contributed by atoms with E-state index in [0.29, 0.717) is 6.61 Å². The molecule has 2 nitrogen and oxygen atoms in total. The molecule has 1 aromatic carbocycles. The van der Waals surface area contributed by atoms with Gasteiger partial charge in [-0.2, -0.15) is 0 Å². The highest BCUT2D eigenvalue weighted by Gasteiger charge is 2.17. The molecule has 0 amide bonds. The summed E-state index contributed by atoms with van der Waals surface area (Å²) in [6.07, 6.45) is 7.59. The van der Waals surface area contributed by atoms with Gasteiger partial charge in [-0.1, -0.05) is 50.5 Å². The van der Waals surface area contributed by atoms with Crippen molar-refractivity contribution in [2.45, 2.75) is 58.3 Å². The maximum atomic E-state index is 5.59. The van der Waals surface area contributed by atoms with Crippen LogP contribution in [0.15, 0.2) is 24.3 Å². The van der Waals surface area contributed by atoms with Gasteiger partial charge in [0.05, 0.1) is 13.2 Å². The summed E-state index contributed by atoms with van der Waals surface area (Å²) in [4.78, 5) is 0. The van der Waals surface area contributed by atoms with Crippen molar-refractivity contribution in [3.8, 4) is 0 Å². The Bertz CT molecular complexity index is 327. The number of ether oxygens (including phenoxy) is 2. The third-order valence-corrected chi connectivity index (χ3v) is 3.44. The van der Waals surface area contributed by atoms with Crippen LogP contribution in [0, 0.1) is 0 Å². The minimum absolute atomic E-state index is 0.0405. The average Bonchev–Trinajstić information content (AvgIpc) is 2.34. The van der Waals surface area contributed by atoms with E-state index in [-0.39, 0.29) is 6.29 Å². The van der Waals surface area contributed by atoms with Gasteiger partial charge in [-0.25, -0.2) is 0 Å². The van der Waals surface area contributed by atoms with Gasteiger partial charge in [-0.3, -0.25) is 0 Å². The summed E-state index contributed by atoms with van der Waals surface area (Å²) in [6.45, 7) is 3.77. The lowest BCUT2D eigenvalue weighted by atomic mass is 10.0. The highest BCUT2D eigenvalue weighted by atomic mass is 16.7. The molecule has 0 bridgehead atoms. The second-order valence-corrected chi connectivity index (χ2v) is 5.03. The van der Waals surface area contributed by atoms with Crippen molar-refractivity contribution >= 4 is 0 Å². The van der Waals surface area contributed by atoms with Crippen LogP contribution in [0.1, 0.15) is 50.2 Å². The fourth-order valence-electron chi connectivity index (χ4n) is 2.09. The second-order valence-electron chi connectivity index (χ2n) is 5.03. The Labute approximate surface area is 110 Å². The standard InChI is InChI=1S/C16H24O2/c1-2-3-4-5-6-14-7-9-15(10-8-14)13-18-16-11-12-17-16/h7-10,16H,2-6,11-13H2,1H3. The zero-order valence-electron chi connectivity index (χ0n) is 11.4. The maximum absolute atomic E-state index is 5.59. The third-order valence-electron chi connectivity index (χ3n) is 3.44. The molecule has 0 aromatic heterocycles. The van der Waals surface area contributed by atoms with E-state index >= 15 is 0 Å². The molecule has 1 aliphatic heterocycles. The second kappa shape index (κ2) is 7.55. The quantitative estimate of drug-likeness (QED) is 0.646. The van der Waals surface area contributed by atoms with Crippen LogP contribution in [-0.2, 0) is 22.5 Å². The molecule has 1 aliphatic rings. The summed E-state index contributed by atoms with van der Waals surface area (Å²) in [5.41, 5.74) is 2.68. The lowest BCUT2D eigenvalue weighted by molar-refractivity contribution is -0.220. The van der Waals surface area contributed by atoms with Crippen molar-refractivity contribution in [3.63, 3.8) is 0 Å². The Hall–Kier alpha value is -0.860. The van der Waals surface area contributed by atoms with Gasteiger partial charge in [0.2, 0.25) is 0 Å². The zero-order valence-corrected chi connectivity index (χ0v) is 11.4. The van der Waals surface area contributed by atoms with Crippen LogP contribution in [0.2, 0.25) is 0 Å². The van der Waals surface area contributed by atoms with Gasteiger partial charge < -0.3 is 9.47 Å². The smallest absolute Gasteiger partial charge is 0.160 e. The Morgan fingerprint density at radius 3 is 2.44 bits per heavy atom. The van der Waals surface area contributed by atoms with E-state index in [2.05, 4.69) is 31.2 Å². The topological polar surface area (TPSA) is 18.5 Å². The SMILES string of the molecule is CCCCCCc1ccc(COC2CCO2)cc1. The van der Waals surface area contributed by atoms with E-state index in [9.17, 15) is 0 Å². The Morgan fingerprint density at radius 2 is 1.83 bits per heavy atom. The molecule has 2 heteroatoms. The molecule has 0 radical (unpaired) electrons. The maximum Gasteiger partial charge on any atom is 0.160 e. The summed E-state index contributed by atoms with van der Waals surface area (Å²) < 4.78 is 10.8. The Morgan fingerprint density at radius 1 is 1.11 bits per heavy atom. The van der Waals surface area contributed by atoms with Crippen LogP contribution in [0.25, 0.3) is 0 Å². The van der Waals surface area contributed by atoms with E-state index in [4.69, 9.17) is 9.47 Å². The molecule has 1 unspecified atom stereocenters. The van der Waals surface area contributed by atoms with Gasteiger partial charge in [0.1, 0.15) is 0 Å². The molecule has 0 saturated carbocycles. The zero-order chi connectivity index (χ0) is 12.6. The summed E-state index contributed by atoms with van der Waals surface area (Å²) >= 11 is 0. The molecule has 2 rings (SSSR count). The Kier molecular flexibility index (Phi) is 5.69. The molecule has 1 aromatic rings. The van der Waals surface area contributed by atoms with Gasteiger partial charge in [0.25, 0.3) is 0 Å². The molecule has 1 atom stereocenters. The van der Waals surface area contributed by atoms with Crippen molar-refractivity contribution < 1.29 is 9.47 Å². The fraction of sp³-hybridized carbons (Fsp3) is 0.625. The van der Waals surface area contributed by atoms with E-state index < -0.39 is 0 Å². The minimum Gasteiger partial charge on any atom is -0.352 e. The molecule has 0 aliphatic carbocycles. The molecule has 1 heterocycles. The van der Waals surface area contributed by atoms with Crippen molar-refractivity contribution in [2.24, 2.45) is 0 Å². The van der Waals surface area contributed by atoms with E-state index in [1.54, 1.807) is 0 Å². The molecule has 1 saturated heterocycles. The highest BCUT2D eigenvalue weighted by Crippen LogP contribution is 2.15. The molecule has 18 heavy (non-hydrogen) atoms.